The van der Waals surface area contributed by atoms with Gasteiger partial charge >= 0.3 is 36.3 Å². The van der Waals surface area contributed by atoms with Gasteiger partial charge in [-0.25, -0.2) is 24.1 Å². The van der Waals surface area contributed by atoms with Crippen LogP contribution < -0.4 is 15.5 Å². The first-order chi connectivity index (χ1) is 23.9. The molecule has 22 heteroatoms. The molecule has 0 bridgehead atoms. The van der Waals surface area contributed by atoms with E-state index in [4.69, 9.17) is 10.2 Å². The van der Waals surface area contributed by atoms with Crippen LogP contribution in [0.4, 0.5) is 41.9 Å². The Morgan fingerprint density at radius 3 is 1.75 bits per heavy atom. The fourth-order valence-electron chi connectivity index (χ4n) is 3.86. The largest absolute Gasteiger partial charge is 0.516 e. The molecule has 0 spiro atoms. The first kappa shape index (κ1) is 40.2. The van der Waals surface area contributed by atoms with Crippen molar-refractivity contribution in [1.82, 2.24) is 10.2 Å². The number of barbiturate groups is 1. The average Bonchev–Trinajstić information content (AvgIpc) is 3.94. The summed E-state index contributed by atoms with van der Waals surface area (Å²) < 4.78 is 7.06. The van der Waals surface area contributed by atoms with E-state index in [1.54, 1.807) is 6.07 Å². The number of amides is 6. The van der Waals surface area contributed by atoms with Crippen LogP contribution in [0.1, 0.15) is 46.0 Å². The molecule has 51 heavy (non-hydrogen) atoms. The second-order valence-corrected chi connectivity index (χ2v) is 10.4. The Labute approximate surface area is 286 Å². The molecule has 0 atom stereocenters. The highest BCUT2D eigenvalue weighted by atomic mass is 16.7. The number of carbonyl (C=O) groups is 8. The smallest absolute Gasteiger partial charge is 0.449 e. The summed E-state index contributed by atoms with van der Waals surface area (Å²) in [7, 11) is 0. The number of non-ortho nitro benzene ring substituents is 2. The van der Waals surface area contributed by atoms with E-state index in [0.717, 1.165) is 41.5 Å². The van der Waals surface area contributed by atoms with Crippen LogP contribution in [0.2, 0.25) is 0 Å². The number of esters is 2. The van der Waals surface area contributed by atoms with Crippen molar-refractivity contribution < 1.29 is 67.9 Å². The van der Waals surface area contributed by atoms with E-state index in [9.17, 15) is 58.6 Å². The topological polar surface area (TPSA) is 312 Å². The van der Waals surface area contributed by atoms with Gasteiger partial charge in [0.1, 0.15) is 6.42 Å². The van der Waals surface area contributed by atoms with E-state index in [1.165, 1.54) is 50.2 Å². The molecule has 22 nitrogen and oxygen atoms in total. The normalized spacial score (nSPS) is 14.4. The molecule has 2 aromatic carbocycles. The summed E-state index contributed by atoms with van der Waals surface area (Å²) in [6.07, 6.45) is -0.557. The van der Waals surface area contributed by atoms with Crippen LogP contribution in [0, 0.1) is 20.2 Å². The number of hydrogen-bond donors (Lipinski definition) is 4. The minimum absolute atomic E-state index is 0.0378. The van der Waals surface area contributed by atoms with Gasteiger partial charge in [0, 0.05) is 55.9 Å². The van der Waals surface area contributed by atoms with Gasteiger partial charge in [0.05, 0.1) is 15.5 Å². The third-order valence-corrected chi connectivity index (χ3v) is 6.12. The van der Waals surface area contributed by atoms with Gasteiger partial charge in [0.2, 0.25) is 11.8 Å². The van der Waals surface area contributed by atoms with Crippen molar-refractivity contribution in [1.29, 1.82) is 0 Å². The van der Waals surface area contributed by atoms with Crippen molar-refractivity contribution in [3.05, 3.63) is 68.8 Å². The number of nitrogens with one attached hydrogen (secondary N) is 2. The Bertz CT molecular complexity index is 1670. The standard InChI is InChI=1S/C13H11N3O5.C10H11N3O3.C4H6O3.C2H2O5/c17-11-7-12(18)15(13(19)14(11)8-4-5-8)9-2-1-3-10(6-9)16(20)21;14-10(11-7-4-5-7)12-8-2-1-3-9(6-8)13(15)16;1-3(5)7-4(2)6;3-1(4)7-2(5)6/h1-3,6,8H,4-5,7H2;1-3,6-7H,4-5H2,(H2,11,12,14);1-2H3;(H,3,4)(H,5,6). The summed E-state index contributed by atoms with van der Waals surface area (Å²) in [5.74, 6) is -2.29. The number of carboxylic acid groups (broad SMARTS) is 2. The van der Waals surface area contributed by atoms with Crippen molar-refractivity contribution in [2.24, 2.45) is 0 Å². The zero-order valence-electron chi connectivity index (χ0n) is 26.7. The summed E-state index contributed by atoms with van der Waals surface area (Å²) >= 11 is 0. The zero-order chi connectivity index (χ0) is 38.4. The minimum atomic E-state index is -1.81. The lowest BCUT2D eigenvalue weighted by Gasteiger charge is -2.32. The van der Waals surface area contributed by atoms with Crippen LogP contribution in [0.5, 0.6) is 0 Å². The lowest BCUT2D eigenvalue weighted by molar-refractivity contribution is -0.385. The molecule has 4 N–H and O–H groups in total. The second-order valence-electron chi connectivity index (χ2n) is 10.4. The number of imide groups is 2. The molecule has 0 aromatic heterocycles. The molecule has 3 aliphatic rings. The molecule has 2 aliphatic carbocycles. The van der Waals surface area contributed by atoms with Crippen molar-refractivity contribution in [2.45, 2.75) is 58.0 Å². The molecule has 1 aliphatic heterocycles. The lowest BCUT2D eigenvalue weighted by Crippen LogP contribution is -2.56. The fraction of sp³-hybridized carbons (Fsp3) is 0.310. The summed E-state index contributed by atoms with van der Waals surface area (Å²) in [6, 6.07) is 10.2. The van der Waals surface area contributed by atoms with E-state index in [-0.39, 0.29) is 35.2 Å². The number of carbonyl (C=O) groups excluding carboxylic acids is 6. The number of anilines is 2. The Morgan fingerprint density at radius 2 is 1.31 bits per heavy atom. The highest BCUT2D eigenvalue weighted by molar-refractivity contribution is 6.26. The number of nitrogens with zero attached hydrogens (tertiary/aromatic N) is 4. The van der Waals surface area contributed by atoms with Crippen molar-refractivity contribution in [3.63, 3.8) is 0 Å². The number of urea groups is 2. The molecule has 2 aromatic rings. The Hall–Kier alpha value is -7.00. The van der Waals surface area contributed by atoms with Crippen LogP contribution in [-0.2, 0) is 28.7 Å². The van der Waals surface area contributed by atoms with Crippen LogP contribution in [-0.4, -0.2) is 85.2 Å². The van der Waals surface area contributed by atoms with E-state index >= 15 is 0 Å². The quantitative estimate of drug-likeness (QED) is 0.143. The highest BCUT2D eigenvalue weighted by Gasteiger charge is 2.46. The van der Waals surface area contributed by atoms with Gasteiger partial charge in [-0.2, -0.15) is 0 Å². The number of nitro groups is 2. The van der Waals surface area contributed by atoms with Gasteiger partial charge in [-0.3, -0.25) is 44.3 Å². The molecular formula is C29H30N6O16. The van der Waals surface area contributed by atoms with E-state index < -0.39 is 58.4 Å². The number of rotatable bonds is 6. The predicted molar refractivity (Wildman–Crippen MR) is 168 cm³/mol. The van der Waals surface area contributed by atoms with Gasteiger partial charge in [0.15, 0.2) is 0 Å². The van der Waals surface area contributed by atoms with E-state index in [0.29, 0.717) is 5.69 Å². The van der Waals surface area contributed by atoms with Crippen molar-refractivity contribution in [3.8, 4) is 0 Å². The minimum Gasteiger partial charge on any atom is -0.449 e. The van der Waals surface area contributed by atoms with Crippen LogP contribution >= 0.6 is 0 Å². The summed E-state index contributed by atoms with van der Waals surface area (Å²) in [6.45, 7) is 2.36. The van der Waals surface area contributed by atoms with E-state index in [2.05, 4.69) is 20.1 Å². The maximum Gasteiger partial charge on any atom is 0.516 e. The monoisotopic (exact) mass is 718 g/mol. The Kier molecular flexibility index (Phi) is 14.6. The molecule has 6 amide bonds. The molecule has 1 heterocycles. The van der Waals surface area contributed by atoms with Crippen LogP contribution in [0.25, 0.3) is 0 Å². The van der Waals surface area contributed by atoms with Gasteiger partial charge in [0.25, 0.3) is 11.4 Å². The summed E-state index contributed by atoms with van der Waals surface area (Å²) in [5, 5.41) is 41.5. The number of nitro benzene ring substituents is 2. The van der Waals surface area contributed by atoms with Crippen LogP contribution in [0.15, 0.2) is 48.5 Å². The number of ether oxygens (including phenoxy) is 2. The maximum atomic E-state index is 12.3. The Balaban J connectivity index is 0.000000264. The SMILES string of the molecule is CC(=O)OC(C)=O.O=C(Nc1cccc([N+](=O)[O-])c1)NC1CC1.O=C(O)OC(=O)O.O=C1CC(=O)N(C2CC2)C(=O)N1c1cccc([N+](=O)[O-])c1. The van der Waals surface area contributed by atoms with Gasteiger partial charge < -0.3 is 30.3 Å². The average molecular weight is 719 g/mol. The van der Waals surface area contributed by atoms with Gasteiger partial charge in [-0.1, -0.05) is 12.1 Å². The maximum absolute atomic E-state index is 12.3. The first-order valence-corrected chi connectivity index (χ1v) is 14.5. The molecule has 5 rings (SSSR count). The first-order valence-electron chi connectivity index (χ1n) is 14.5. The summed E-state index contributed by atoms with van der Waals surface area (Å²) in [4.78, 5) is 108. The molecule has 0 radical (unpaired) electrons. The third-order valence-electron chi connectivity index (χ3n) is 6.12. The zero-order valence-corrected chi connectivity index (χ0v) is 26.7. The van der Waals surface area contributed by atoms with E-state index in [1.807, 2.05) is 0 Å². The number of hydrogen-bond acceptors (Lipinski definition) is 14. The van der Waals surface area contributed by atoms with Crippen molar-refractivity contribution >= 4 is 70.9 Å². The lowest BCUT2D eigenvalue weighted by atomic mass is 10.2. The molecule has 1 saturated heterocycles. The predicted octanol–water partition coefficient (Wildman–Crippen LogP) is 3.78. The van der Waals surface area contributed by atoms with Crippen molar-refractivity contribution in [2.75, 3.05) is 10.2 Å². The highest BCUT2D eigenvalue weighted by Crippen LogP contribution is 2.33. The number of benzene rings is 2. The fourth-order valence-corrected chi connectivity index (χ4v) is 3.86. The molecule has 272 valence electrons. The molecular weight excluding hydrogens is 688 g/mol. The van der Waals surface area contributed by atoms with Gasteiger partial charge in [-0.05, 0) is 37.8 Å². The third kappa shape index (κ3) is 14.3. The molecule has 0 unspecified atom stereocenters. The van der Waals surface area contributed by atoms with Gasteiger partial charge in [-0.15, -0.1) is 0 Å². The Morgan fingerprint density at radius 1 is 0.784 bits per heavy atom. The molecule has 2 saturated carbocycles. The second kappa shape index (κ2) is 18.5. The molecule has 3 fully saturated rings. The van der Waals surface area contributed by atoms with Crippen LogP contribution in [0.3, 0.4) is 0 Å². The summed E-state index contributed by atoms with van der Waals surface area (Å²) in [5.41, 5.74) is 0.275.